The molecule has 2 aromatic rings. The molecule has 0 saturated heterocycles. The number of carbonyl (C=O) groups is 1. The van der Waals surface area contributed by atoms with Crippen molar-refractivity contribution in [3.63, 3.8) is 0 Å². The van der Waals surface area contributed by atoms with Crippen molar-refractivity contribution in [2.45, 2.75) is 96.8 Å². The molecule has 0 aliphatic heterocycles. The van der Waals surface area contributed by atoms with E-state index in [0.29, 0.717) is 23.6 Å². The number of phenolic OH excluding ortho intramolecular Hbond substituents is 1. The monoisotopic (exact) mass is 487 g/mol. The summed E-state index contributed by atoms with van der Waals surface area (Å²) >= 11 is 1.57. The third-order valence-corrected chi connectivity index (χ3v) is 6.72. The fourth-order valence-electron chi connectivity index (χ4n) is 4.36. The van der Waals surface area contributed by atoms with Crippen LogP contribution in [0.4, 0.5) is 0 Å². The van der Waals surface area contributed by atoms with Crippen LogP contribution in [0.1, 0.15) is 107 Å². The minimum Gasteiger partial charge on any atom is -0.506 e. The van der Waals surface area contributed by atoms with Gasteiger partial charge in [0.25, 0.3) is 5.91 Å². The van der Waals surface area contributed by atoms with E-state index in [1.54, 1.807) is 17.8 Å². The second-order valence-electron chi connectivity index (χ2n) is 9.22. The molecule has 0 spiro atoms. The largest absolute Gasteiger partial charge is 0.506 e. The topological polar surface area (TPSA) is 58.6 Å². The normalized spacial score (nSPS) is 11.1. The van der Waals surface area contributed by atoms with Crippen LogP contribution in [0.5, 0.6) is 11.5 Å². The molecule has 2 N–H and O–H groups in total. The maximum absolute atomic E-state index is 12.7. The van der Waals surface area contributed by atoms with Gasteiger partial charge >= 0.3 is 0 Å². The lowest BCUT2D eigenvalue weighted by Gasteiger charge is -2.14. The van der Waals surface area contributed by atoms with E-state index in [-0.39, 0.29) is 17.2 Å². The number of hydrogen-bond donors (Lipinski definition) is 2. The average molecular weight is 488 g/mol. The van der Waals surface area contributed by atoms with Gasteiger partial charge in [-0.25, -0.2) is 0 Å². The minimum atomic E-state index is -0.244. The Morgan fingerprint density at radius 2 is 1.38 bits per heavy atom. The number of phenols is 1. The molecule has 1 amide bonds. The quantitative estimate of drug-likeness (QED) is 0.154. The Morgan fingerprint density at radius 3 is 1.94 bits per heavy atom. The van der Waals surface area contributed by atoms with E-state index in [9.17, 15) is 9.90 Å². The summed E-state index contributed by atoms with van der Waals surface area (Å²) in [6.45, 7) is 2.90. The van der Waals surface area contributed by atoms with Crippen LogP contribution in [0.2, 0.25) is 0 Å². The van der Waals surface area contributed by atoms with Crippen molar-refractivity contribution in [1.82, 2.24) is 5.32 Å². The Balaban J connectivity index is 1.61. The lowest BCUT2D eigenvalue weighted by atomic mass is 10.0. The summed E-state index contributed by atoms with van der Waals surface area (Å²) in [7, 11) is 0. The standard InChI is InChI=1S/C29H45NO3S/c1-3-4-5-6-7-8-9-10-11-12-13-14-15-18-21-30-29(32)26-22-27(33-23-34-2)24-19-16-17-20-25(24)28(26)31/h16-17,19-20,22,31H,3-15,18,21,23H2,1-2H3,(H,30,32). The predicted molar refractivity (Wildman–Crippen MR) is 147 cm³/mol. The third kappa shape index (κ3) is 10.2. The van der Waals surface area contributed by atoms with E-state index in [4.69, 9.17) is 4.74 Å². The molecule has 4 nitrogen and oxygen atoms in total. The van der Waals surface area contributed by atoms with E-state index in [0.717, 1.165) is 18.2 Å². The molecule has 0 aliphatic rings. The summed E-state index contributed by atoms with van der Waals surface area (Å²) in [6.07, 6.45) is 20.4. The summed E-state index contributed by atoms with van der Waals surface area (Å²) in [5.74, 6) is 0.899. The van der Waals surface area contributed by atoms with Gasteiger partial charge in [-0.1, -0.05) is 115 Å². The zero-order chi connectivity index (χ0) is 24.4. The molecule has 5 heteroatoms. The second-order valence-corrected chi connectivity index (χ2v) is 10.0. The summed E-state index contributed by atoms with van der Waals surface area (Å²) in [6, 6.07) is 9.15. The molecular formula is C29H45NO3S. The van der Waals surface area contributed by atoms with E-state index in [1.807, 2.05) is 30.5 Å². The van der Waals surface area contributed by atoms with Crippen molar-refractivity contribution in [3.8, 4) is 11.5 Å². The third-order valence-electron chi connectivity index (χ3n) is 6.37. The lowest BCUT2D eigenvalue weighted by molar-refractivity contribution is 0.0950. The predicted octanol–water partition coefficient (Wildman–Crippen LogP) is 8.46. The highest BCUT2D eigenvalue weighted by Crippen LogP contribution is 2.36. The van der Waals surface area contributed by atoms with Crippen molar-refractivity contribution in [3.05, 3.63) is 35.9 Å². The highest BCUT2D eigenvalue weighted by atomic mass is 32.2. The number of nitrogens with one attached hydrogen (secondary N) is 1. The van der Waals surface area contributed by atoms with Gasteiger partial charge in [0.05, 0.1) is 5.56 Å². The van der Waals surface area contributed by atoms with Crippen LogP contribution < -0.4 is 10.1 Å². The molecule has 0 bridgehead atoms. The lowest BCUT2D eigenvalue weighted by Crippen LogP contribution is -2.24. The van der Waals surface area contributed by atoms with Crippen molar-refractivity contribution in [1.29, 1.82) is 0 Å². The highest BCUT2D eigenvalue weighted by Gasteiger charge is 2.17. The highest BCUT2D eigenvalue weighted by molar-refractivity contribution is 7.98. The molecule has 0 saturated carbocycles. The molecule has 2 rings (SSSR count). The molecule has 0 heterocycles. The van der Waals surface area contributed by atoms with E-state index in [1.165, 1.54) is 77.0 Å². The average Bonchev–Trinajstić information content (AvgIpc) is 2.86. The SMILES string of the molecule is CCCCCCCCCCCCCCCCNC(=O)c1cc(OCSC)c2ccccc2c1O. The number of unbranched alkanes of at least 4 members (excludes halogenated alkanes) is 13. The Labute approximate surface area is 211 Å². The number of aromatic hydroxyl groups is 1. The van der Waals surface area contributed by atoms with Crippen molar-refractivity contribution in [2.75, 3.05) is 18.7 Å². The second kappa shape index (κ2) is 17.5. The van der Waals surface area contributed by atoms with Gasteiger partial charge in [-0.05, 0) is 18.7 Å². The van der Waals surface area contributed by atoms with Crippen molar-refractivity contribution in [2.24, 2.45) is 0 Å². The number of carbonyl (C=O) groups excluding carboxylic acids is 1. The van der Waals surface area contributed by atoms with Crippen LogP contribution in [0.25, 0.3) is 10.8 Å². The van der Waals surface area contributed by atoms with E-state index in [2.05, 4.69) is 12.2 Å². The summed E-state index contributed by atoms with van der Waals surface area (Å²) < 4.78 is 5.82. The fourth-order valence-corrected chi connectivity index (χ4v) is 4.60. The number of amides is 1. The Kier molecular flexibility index (Phi) is 14.6. The van der Waals surface area contributed by atoms with Crippen LogP contribution in [0, 0.1) is 0 Å². The van der Waals surface area contributed by atoms with Crippen LogP contribution in [-0.2, 0) is 0 Å². The first kappa shape index (κ1) is 28.4. The zero-order valence-corrected chi connectivity index (χ0v) is 22.2. The molecular weight excluding hydrogens is 442 g/mol. The van der Waals surface area contributed by atoms with Gasteiger partial charge in [-0.3, -0.25) is 4.79 Å². The zero-order valence-electron chi connectivity index (χ0n) is 21.4. The van der Waals surface area contributed by atoms with Crippen LogP contribution in [-0.4, -0.2) is 29.8 Å². The van der Waals surface area contributed by atoms with Gasteiger partial charge < -0.3 is 15.2 Å². The van der Waals surface area contributed by atoms with E-state index >= 15 is 0 Å². The maximum atomic E-state index is 12.7. The van der Waals surface area contributed by atoms with Crippen molar-refractivity contribution < 1.29 is 14.6 Å². The minimum absolute atomic E-state index is 0.0190. The van der Waals surface area contributed by atoms with Gasteiger partial charge in [0, 0.05) is 17.3 Å². The molecule has 34 heavy (non-hydrogen) atoms. The molecule has 190 valence electrons. The molecule has 0 radical (unpaired) electrons. The Hall–Kier alpha value is -1.88. The molecule has 0 unspecified atom stereocenters. The van der Waals surface area contributed by atoms with Gasteiger partial charge in [0.2, 0.25) is 0 Å². The Morgan fingerprint density at radius 1 is 0.853 bits per heavy atom. The number of ether oxygens (including phenoxy) is 1. The first-order valence-electron chi connectivity index (χ1n) is 13.3. The van der Waals surface area contributed by atoms with Gasteiger partial charge in [0.1, 0.15) is 17.4 Å². The smallest absolute Gasteiger partial charge is 0.255 e. The maximum Gasteiger partial charge on any atom is 0.255 e. The van der Waals surface area contributed by atoms with Crippen LogP contribution in [0.3, 0.4) is 0 Å². The molecule has 0 fully saturated rings. The first-order valence-corrected chi connectivity index (χ1v) is 14.7. The van der Waals surface area contributed by atoms with Gasteiger partial charge in [-0.15, -0.1) is 11.8 Å². The molecule has 2 aromatic carbocycles. The fraction of sp³-hybridized carbons (Fsp3) is 0.621. The number of rotatable bonds is 19. The number of hydrogen-bond acceptors (Lipinski definition) is 4. The summed E-state index contributed by atoms with van der Waals surface area (Å²) in [4.78, 5) is 12.7. The van der Waals surface area contributed by atoms with Gasteiger partial charge in [-0.2, -0.15) is 0 Å². The molecule has 0 atom stereocenters. The van der Waals surface area contributed by atoms with Crippen molar-refractivity contribution >= 4 is 28.4 Å². The van der Waals surface area contributed by atoms with Crippen LogP contribution >= 0.6 is 11.8 Å². The number of benzene rings is 2. The number of fused-ring (bicyclic) bond motifs is 1. The Bertz CT molecular complexity index is 839. The summed E-state index contributed by atoms with van der Waals surface area (Å²) in [5, 5.41) is 15.1. The molecule has 0 aromatic heterocycles. The van der Waals surface area contributed by atoms with Crippen LogP contribution in [0.15, 0.2) is 30.3 Å². The molecule has 0 aliphatic carbocycles. The van der Waals surface area contributed by atoms with E-state index < -0.39 is 0 Å². The first-order chi connectivity index (χ1) is 16.7. The number of thioether (sulfide) groups is 1. The van der Waals surface area contributed by atoms with Gasteiger partial charge in [0.15, 0.2) is 0 Å². The summed E-state index contributed by atoms with van der Waals surface area (Å²) in [5.41, 5.74) is 0.278.